The molecule has 0 heterocycles. The first-order chi connectivity index (χ1) is 21.5. The van der Waals surface area contributed by atoms with Crippen LogP contribution in [0.2, 0.25) is 0 Å². The molecule has 0 radical (unpaired) electrons. The van der Waals surface area contributed by atoms with Crippen LogP contribution < -0.4 is 0 Å². The minimum Gasteiger partial charge on any atom is -0.481 e. The van der Waals surface area contributed by atoms with Crippen LogP contribution in [0.15, 0.2) is 12.2 Å². The van der Waals surface area contributed by atoms with Gasteiger partial charge in [0, 0.05) is 19.3 Å². The Labute approximate surface area is 276 Å². The van der Waals surface area contributed by atoms with Crippen molar-refractivity contribution in [2.75, 3.05) is 26.2 Å². The van der Waals surface area contributed by atoms with Gasteiger partial charge in [0.25, 0.3) is 0 Å². The summed E-state index contributed by atoms with van der Waals surface area (Å²) in [6.45, 7) is 10.2. The molecule has 0 aliphatic heterocycles. The van der Waals surface area contributed by atoms with E-state index in [9.17, 15) is 29.7 Å². The Morgan fingerprint density at radius 1 is 0.467 bits per heavy atom. The van der Waals surface area contributed by atoms with Crippen LogP contribution in [0.1, 0.15) is 169 Å². The number of unbranched alkanes of at least 4 members (excludes halogenated alkanes) is 17. The average molecular weight is 639 g/mol. The van der Waals surface area contributed by atoms with Gasteiger partial charge in [-0.3, -0.25) is 14.4 Å². The molecule has 0 aromatic carbocycles. The number of hydrogen-bond donors (Lipinski definition) is 3. The predicted octanol–water partition coefficient (Wildman–Crippen LogP) is 10.1. The molecule has 0 amide bonds. The highest BCUT2D eigenvalue weighted by Gasteiger charge is 2.31. The third-order valence-electron chi connectivity index (χ3n) is 9.77. The van der Waals surface area contributed by atoms with Gasteiger partial charge < -0.3 is 19.8 Å². The third-order valence-corrected chi connectivity index (χ3v) is 9.77. The van der Waals surface area contributed by atoms with Crippen LogP contribution in [0.25, 0.3) is 0 Å². The van der Waals surface area contributed by atoms with Gasteiger partial charge in [0.2, 0.25) is 0 Å². The molecule has 3 N–H and O–H groups in total. The molecule has 0 fully saturated rings. The number of nitrogens with zero attached hydrogens (tertiary/aromatic N) is 1. The lowest BCUT2D eigenvalue weighted by molar-refractivity contribution is -0.929. The second kappa shape index (κ2) is 28.3. The summed E-state index contributed by atoms with van der Waals surface area (Å²) in [7, 11) is 0. The maximum Gasteiger partial charge on any atom is 0.306 e. The molecular weight excluding hydrogens is 566 g/mol. The van der Waals surface area contributed by atoms with E-state index in [0.717, 1.165) is 19.4 Å². The molecule has 0 aromatic heterocycles. The molecule has 45 heavy (non-hydrogen) atoms. The largest absolute Gasteiger partial charge is 0.481 e. The Hall–Kier alpha value is -1.89. The summed E-state index contributed by atoms with van der Waals surface area (Å²) >= 11 is 0. The lowest BCUT2D eigenvalue weighted by Gasteiger charge is -2.40. The normalized spacial score (nSPS) is 15.1. The van der Waals surface area contributed by atoms with E-state index in [-0.39, 0.29) is 0 Å². The Bertz CT molecular complexity index is 722. The zero-order valence-corrected chi connectivity index (χ0v) is 29.8. The number of allylic oxidation sites excluding steroid dienone is 2. The molecule has 3 atom stereocenters. The summed E-state index contributed by atoms with van der Waals surface area (Å²) in [5, 5.41) is 28.4. The van der Waals surface area contributed by atoms with Crippen molar-refractivity contribution in [1.29, 1.82) is 0 Å². The minimum atomic E-state index is -0.823. The maximum atomic E-state index is 11.5. The molecular formula is C38H72NO6+. The molecule has 0 saturated heterocycles. The summed E-state index contributed by atoms with van der Waals surface area (Å²) in [6.07, 6.45) is 30.7. The van der Waals surface area contributed by atoms with Crippen LogP contribution in [0.4, 0.5) is 0 Å². The van der Waals surface area contributed by atoms with Gasteiger partial charge in [-0.2, -0.15) is 0 Å². The highest BCUT2D eigenvalue weighted by atomic mass is 16.4. The van der Waals surface area contributed by atoms with E-state index in [1.807, 2.05) is 0 Å². The summed E-state index contributed by atoms with van der Waals surface area (Å²) in [6, 6.07) is 0. The predicted molar refractivity (Wildman–Crippen MR) is 187 cm³/mol. The second-order valence-corrected chi connectivity index (χ2v) is 14.0. The lowest BCUT2D eigenvalue weighted by atomic mass is 10.0. The van der Waals surface area contributed by atoms with Crippen molar-refractivity contribution in [3.63, 3.8) is 0 Å². The molecule has 0 rings (SSSR count). The fourth-order valence-corrected chi connectivity index (χ4v) is 6.02. The van der Waals surface area contributed by atoms with Gasteiger partial charge in [0.15, 0.2) is 0 Å². The third kappa shape index (κ3) is 24.9. The summed E-state index contributed by atoms with van der Waals surface area (Å²) in [5.74, 6) is -3.91. The van der Waals surface area contributed by atoms with Crippen molar-refractivity contribution >= 4 is 17.9 Å². The van der Waals surface area contributed by atoms with E-state index in [2.05, 4.69) is 19.1 Å². The van der Waals surface area contributed by atoms with E-state index < -0.39 is 35.7 Å². The topological polar surface area (TPSA) is 112 Å². The van der Waals surface area contributed by atoms with Crippen LogP contribution in [-0.4, -0.2) is 63.9 Å². The zero-order chi connectivity index (χ0) is 33.8. The quantitative estimate of drug-likeness (QED) is 0.0375. The first-order valence-corrected chi connectivity index (χ1v) is 18.7. The van der Waals surface area contributed by atoms with Gasteiger partial charge >= 0.3 is 17.9 Å². The molecule has 7 nitrogen and oxygen atoms in total. The van der Waals surface area contributed by atoms with E-state index in [4.69, 9.17) is 0 Å². The fraction of sp³-hybridized carbons (Fsp3) is 0.868. The molecule has 0 aliphatic rings. The number of carbonyl (C=O) groups is 3. The lowest BCUT2D eigenvalue weighted by Crippen LogP contribution is -2.52. The number of carboxylic acid groups (broad SMARTS) is 3. The van der Waals surface area contributed by atoms with E-state index >= 15 is 0 Å². The molecule has 0 aliphatic carbocycles. The van der Waals surface area contributed by atoms with Crippen LogP contribution in [-0.2, 0) is 14.4 Å². The SMILES string of the molecule is CCCCCCCCCCC/C=C/CCCCCCCCCC[N+](CCC(C)C(=O)O)(CCC(C)C(=O)O)CCC(C)C(=O)O. The molecule has 7 heteroatoms. The van der Waals surface area contributed by atoms with Crippen molar-refractivity contribution < 1.29 is 34.2 Å². The molecule has 0 bridgehead atoms. The number of quaternary nitrogens is 1. The average Bonchev–Trinajstić information content (AvgIpc) is 3.01. The number of carboxylic acids is 3. The Morgan fingerprint density at radius 3 is 1.07 bits per heavy atom. The monoisotopic (exact) mass is 639 g/mol. The smallest absolute Gasteiger partial charge is 0.306 e. The number of aliphatic carboxylic acids is 3. The summed E-state index contributed by atoms with van der Waals surface area (Å²) in [5.41, 5.74) is 0. The molecule has 3 unspecified atom stereocenters. The Kier molecular flexibility index (Phi) is 27.2. The van der Waals surface area contributed by atoms with E-state index in [0.29, 0.717) is 43.4 Å². The summed E-state index contributed by atoms with van der Waals surface area (Å²) in [4.78, 5) is 34.6. The summed E-state index contributed by atoms with van der Waals surface area (Å²) < 4.78 is 0.611. The van der Waals surface area contributed by atoms with Gasteiger partial charge in [-0.25, -0.2) is 0 Å². The second-order valence-electron chi connectivity index (χ2n) is 14.0. The number of rotatable bonds is 33. The molecule has 0 aromatic rings. The van der Waals surface area contributed by atoms with Gasteiger partial charge in [0.05, 0.1) is 43.9 Å². The van der Waals surface area contributed by atoms with Crippen LogP contribution in [0.3, 0.4) is 0 Å². The highest BCUT2D eigenvalue weighted by Crippen LogP contribution is 2.22. The standard InChI is InChI=1S/C38H71NO6/c1-5-6-7-8-9-10-11-12-13-14-15-16-17-18-19-20-21-22-23-24-25-29-39(30-26-33(2)36(40)41,31-27-34(3)37(42)43)32-28-35(4)38(44)45/h15-16,33-35H,5-14,17-32H2,1-4H3,(H2-,40,41,42,43,44,45)/p+1/b16-15+. The van der Waals surface area contributed by atoms with Crippen LogP contribution in [0, 0.1) is 17.8 Å². The molecule has 0 saturated carbocycles. The van der Waals surface area contributed by atoms with Gasteiger partial charge in [-0.15, -0.1) is 0 Å². The van der Waals surface area contributed by atoms with E-state index in [1.165, 1.54) is 109 Å². The highest BCUT2D eigenvalue weighted by molar-refractivity contribution is 5.70. The van der Waals surface area contributed by atoms with Crippen molar-refractivity contribution in [2.45, 2.75) is 169 Å². The van der Waals surface area contributed by atoms with Gasteiger partial charge in [0.1, 0.15) is 0 Å². The van der Waals surface area contributed by atoms with Crippen molar-refractivity contribution in [3.05, 3.63) is 12.2 Å². The van der Waals surface area contributed by atoms with Crippen molar-refractivity contribution in [3.8, 4) is 0 Å². The Balaban J connectivity index is 4.36. The van der Waals surface area contributed by atoms with Crippen LogP contribution in [0.5, 0.6) is 0 Å². The van der Waals surface area contributed by atoms with E-state index in [1.54, 1.807) is 20.8 Å². The van der Waals surface area contributed by atoms with Crippen molar-refractivity contribution in [2.24, 2.45) is 17.8 Å². The maximum absolute atomic E-state index is 11.5. The molecule has 0 spiro atoms. The molecule has 264 valence electrons. The van der Waals surface area contributed by atoms with Gasteiger partial charge in [-0.1, -0.05) is 123 Å². The van der Waals surface area contributed by atoms with Crippen LogP contribution >= 0.6 is 0 Å². The number of hydrogen-bond acceptors (Lipinski definition) is 3. The minimum absolute atomic E-state index is 0.480. The zero-order valence-electron chi connectivity index (χ0n) is 29.8. The van der Waals surface area contributed by atoms with Crippen molar-refractivity contribution in [1.82, 2.24) is 0 Å². The Morgan fingerprint density at radius 2 is 0.756 bits per heavy atom. The fourth-order valence-electron chi connectivity index (χ4n) is 6.02. The first-order valence-electron chi connectivity index (χ1n) is 18.7. The van der Waals surface area contributed by atoms with Gasteiger partial charge in [-0.05, 0) is 38.5 Å². The first kappa shape index (κ1) is 43.1.